The SMILES string of the molecule is CC1(C)C[C@H]2C[C@](C)(CN2C(=O)c2ccccc2NC(=O)CCCN2C(=O)c3ccccc3C2=O)C1. The van der Waals surface area contributed by atoms with Crippen LogP contribution in [0, 0.1) is 10.8 Å². The van der Waals surface area contributed by atoms with Crippen LogP contribution >= 0.6 is 0 Å². The van der Waals surface area contributed by atoms with E-state index in [0.717, 1.165) is 25.8 Å². The van der Waals surface area contributed by atoms with E-state index in [1.807, 2.05) is 11.0 Å². The second-order valence-corrected chi connectivity index (χ2v) is 11.7. The maximum Gasteiger partial charge on any atom is 0.261 e. The number of nitrogens with one attached hydrogen (secondary N) is 1. The molecule has 2 bridgehead atoms. The zero-order valence-electron chi connectivity index (χ0n) is 21.2. The lowest BCUT2D eigenvalue weighted by atomic mass is 9.65. The normalized spacial score (nSPS) is 24.1. The monoisotopic (exact) mass is 487 g/mol. The molecule has 0 spiro atoms. The first kappa shape index (κ1) is 24.2. The van der Waals surface area contributed by atoms with Gasteiger partial charge in [-0.1, -0.05) is 45.0 Å². The molecule has 7 heteroatoms. The standard InChI is InChI=1S/C29H33N3O4/c1-28(2)15-19-16-29(3,17-28)18-32(19)27(36)22-11-6-7-12-23(22)30-24(33)13-8-14-31-25(34)20-9-4-5-10-21(20)26(31)35/h4-7,9-12,19H,8,13-18H2,1-3H3,(H,30,33)/t19-,29-/m0/s1. The van der Waals surface area contributed by atoms with Crippen molar-refractivity contribution in [2.45, 2.75) is 58.9 Å². The molecule has 36 heavy (non-hydrogen) atoms. The maximum atomic E-state index is 13.6. The lowest BCUT2D eigenvalue weighted by molar-refractivity contribution is -0.116. The highest BCUT2D eigenvalue weighted by Crippen LogP contribution is 2.52. The van der Waals surface area contributed by atoms with Gasteiger partial charge in [-0.25, -0.2) is 0 Å². The molecular weight excluding hydrogens is 454 g/mol. The van der Waals surface area contributed by atoms with Gasteiger partial charge < -0.3 is 10.2 Å². The van der Waals surface area contributed by atoms with Gasteiger partial charge in [0.25, 0.3) is 17.7 Å². The van der Waals surface area contributed by atoms with Crippen molar-refractivity contribution in [1.82, 2.24) is 9.80 Å². The minimum Gasteiger partial charge on any atom is -0.335 e. The zero-order chi connectivity index (χ0) is 25.7. The summed E-state index contributed by atoms with van der Waals surface area (Å²) >= 11 is 0. The molecule has 2 aromatic carbocycles. The summed E-state index contributed by atoms with van der Waals surface area (Å²) in [6.07, 6.45) is 3.59. The van der Waals surface area contributed by atoms with Crippen molar-refractivity contribution in [3.05, 3.63) is 65.2 Å². The van der Waals surface area contributed by atoms with E-state index >= 15 is 0 Å². The molecule has 2 fully saturated rings. The summed E-state index contributed by atoms with van der Waals surface area (Å²) in [5.74, 6) is -0.928. The molecule has 0 aromatic heterocycles. The van der Waals surface area contributed by atoms with Crippen LogP contribution < -0.4 is 5.32 Å². The Morgan fingerprint density at radius 3 is 2.28 bits per heavy atom. The highest BCUT2D eigenvalue weighted by molar-refractivity contribution is 6.21. The fourth-order valence-electron chi connectivity index (χ4n) is 6.68. The number of fused-ring (bicyclic) bond motifs is 3. The van der Waals surface area contributed by atoms with Gasteiger partial charge in [-0.05, 0) is 60.8 Å². The fraction of sp³-hybridized carbons (Fsp3) is 0.448. The van der Waals surface area contributed by atoms with Crippen molar-refractivity contribution in [1.29, 1.82) is 0 Å². The summed E-state index contributed by atoms with van der Waals surface area (Å²) in [7, 11) is 0. The number of hydrogen-bond donors (Lipinski definition) is 1. The van der Waals surface area contributed by atoms with Crippen molar-refractivity contribution < 1.29 is 19.2 Å². The highest BCUT2D eigenvalue weighted by Gasteiger charge is 2.51. The van der Waals surface area contributed by atoms with Gasteiger partial charge in [0.05, 0.1) is 22.4 Å². The van der Waals surface area contributed by atoms with Crippen molar-refractivity contribution in [3.8, 4) is 0 Å². The largest absolute Gasteiger partial charge is 0.335 e. The van der Waals surface area contributed by atoms with E-state index in [-0.39, 0.29) is 53.5 Å². The molecule has 5 rings (SSSR count). The number of para-hydroxylation sites is 1. The van der Waals surface area contributed by atoms with E-state index < -0.39 is 0 Å². The Morgan fingerprint density at radius 2 is 1.58 bits per heavy atom. The molecule has 0 unspecified atom stereocenters. The Bertz CT molecular complexity index is 1220. The lowest BCUT2D eigenvalue weighted by Crippen LogP contribution is -2.38. The van der Waals surface area contributed by atoms with Crippen LogP contribution in [0.3, 0.4) is 0 Å². The predicted octanol–water partition coefficient (Wildman–Crippen LogP) is 4.74. The third-order valence-electron chi connectivity index (χ3n) is 7.77. The molecule has 3 aliphatic rings. The second-order valence-electron chi connectivity index (χ2n) is 11.7. The van der Waals surface area contributed by atoms with Crippen LogP contribution in [-0.4, -0.2) is 52.6 Å². The van der Waals surface area contributed by atoms with E-state index in [1.165, 1.54) is 4.90 Å². The van der Waals surface area contributed by atoms with Crippen LogP contribution in [0.4, 0.5) is 5.69 Å². The van der Waals surface area contributed by atoms with Gasteiger partial charge in [-0.3, -0.25) is 24.1 Å². The topological polar surface area (TPSA) is 86.8 Å². The van der Waals surface area contributed by atoms with Crippen LogP contribution in [0.15, 0.2) is 48.5 Å². The molecule has 0 radical (unpaired) electrons. The third-order valence-corrected chi connectivity index (χ3v) is 7.77. The summed E-state index contributed by atoms with van der Waals surface area (Å²) in [6, 6.07) is 14.1. The van der Waals surface area contributed by atoms with Crippen LogP contribution in [0.25, 0.3) is 0 Å². The van der Waals surface area contributed by atoms with Gasteiger partial charge in [0, 0.05) is 25.6 Å². The number of carbonyl (C=O) groups excluding carboxylic acids is 4. The van der Waals surface area contributed by atoms with Gasteiger partial charge in [0.1, 0.15) is 0 Å². The lowest BCUT2D eigenvalue weighted by Gasteiger charge is -2.39. The van der Waals surface area contributed by atoms with Crippen molar-refractivity contribution in [2.75, 3.05) is 18.4 Å². The fourth-order valence-corrected chi connectivity index (χ4v) is 6.68. The molecule has 2 aromatic rings. The Morgan fingerprint density at radius 1 is 0.944 bits per heavy atom. The molecule has 2 atom stereocenters. The number of likely N-dealkylation sites (tertiary alicyclic amines) is 1. The molecule has 4 amide bonds. The summed E-state index contributed by atoms with van der Waals surface area (Å²) in [5, 5.41) is 2.89. The average molecular weight is 488 g/mol. The van der Waals surface area contributed by atoms with Crippen molar-refractivity contribution >= 4 is 29.3 Å². The minimum atomic E-state index is -0.320. The Balaban J connectivity index is 1.21. The molecule has 2 aliphatic heterocycles. The number of carbonyl (C=O) groups is 4. The minimum absolute atomic E-state index is 0.0386. The van der Waals surface area contributed by atoms with E-state index in [1.54, 1.807) is 42.5 Å². The number of benzene rings is 2. The first-order valence-corrected chi connectivity index (χ1v) is 12.7. The van der Waals surface area contributed by atoms with Gasteiger partial charge >= 0.3 is 0 Å². The highest BCUT2D eigenvalue weighted by atomic mass is 16.2. The number of hydrogen-bond acceptors (Lipinski definition) is 4. The van der Waals surface area contributed by atoms with Crippen molar-refractivity contribution in [2.24, 2.45) is 10.8 Å². The number of rotatable bonds is 6. The van der Waals surface area contributed by atoms with Gasteiger partial charge in [-0.2, -0.15) is 0 Å². The number of imide groups is 1. The summed E-state index contributed by atoms with van der Waals surface area (Å²) in [4.78, 5) is 54.6. The summed E-state index contributed by atoms with van der Waals surface area (Å²) in [5.41, 5.74) is 2.15. The Labute approximate surface area is 211 Å². The Hall–Kier alpha value is -3.48. The summed E-state index contributed by atoms with van der Waals surface area (Å²) < 4.78 is 0. The van der Waals surface area contributed by atoms with Crippen LogP contribution in [0.5, 0.6) is 0 Å². The third kappa shape index (κ3) is 4.43. The quantitative estimate of drug-likeness (QED) is 0.596. The number of anilines is 1. The molecule has 1 saturated heterocycles. The predicted molar refractivity (Wildman–Crippen MR) is 137 cm³/mol. The van der Waals surface area contributed by atoms with Gasteiger partial charge in [0.2, 0.25) is 5.91 Å². The first-order valence-electron chi connectivity index (χ1n) is 12.7. The van der Waals surface area contributed by atoms with Crippen LogP contribution in [-0.2, 0) is 4.79 Å². The number of nitrogens with zero attached hydrogens (tertiary/aromatic N) is 2. The smallest absolute Gasteiger partial charge is 0.261 e. The van der Waals surface area contributed by atoms with Gasteiger partial charge in [0.15, 0.2) is 0 Å². The molecule has 2 heterocycles. The van der Waals surface area contributed by atoms with E-state index in [2.05, 4.69) is 26.1 Å². The van der Waals surface area contributed by atoms with E-state index in [9.17, 15) is 19.2 Å². The molecule has 1 N–H and O–H groups in total. The number of amides is 4. The summed E-state index contributed by atoms with van der Waals surface area (Å²) in [6.45, 7) is 7.74. The molecule has 188 valence electrons. The van der Waals surface area contributed by atoms with E-state index in [0.29, 0.717) is 28.8 Å². The molecule has 1 aliphatic carbocycles. The molecular formula is C29H33N3O4. The second kappa shape index (κ2) is 8.87. The van der Waals surface area contributed by atoms with Crippen LogP contribution in [0.2, 0.25) is 0 Å². The average Bonchev–Trinajstić information content (AvgIpc) is 3.22. The first-order chi connectivity index (χ1) is 17.1. The Kier molecular flexibility index (Phi) is 5.97. The van der Waals surface area contributed by atoms with Crippen LogP contribution in [0.1, 0.15) is 83.9 Å². The van der Waals surface area contributed by atoms with E-state index in [4.69, 9.17) is 0 Å². The zero-order valence-corrected chi connectivity index (χ0v) is 21.2. The van der Waals surface area contributed by atoms with Crippen molar-refractivity contribution in [3.63, 3.8) is 0 Å². The molecule has 7 nitrogen and oxygen atoms in total. The molecule has 1 saturated carbocycles. The maximum absolute atomic E-state index is 13.6. The van der Waals surface area contributed by atoms with Gasteiger partial charge in [-0.15, -0.1) is 0 Å².